The van der Waals surface area contributed by atoms with Crippen LogP contribution in [0.3, 0.4) is 0 Å². The Hall–Kier alpha value is -0.0400. The van der Waals surface area contributed by atoms with Crippen molar-refractivity contribution >= 4 is 0 Å². The minimum absolute atomic E-state index is 1.03. The third-order valence-corrected chi connectivity index (χ3v) is 3.41. The van der Waals surface area contributed by atoms with Crippen LogP contribution in [0.15, 0.2) is 0 Å². The molecule has 0 spiro atoms. The van der Waals surface area contributed by atoms with Gasteiger partial charge in [0.25, 0.3) is 0 Å². The van der Waals surface area contributed by atoms with Crippen molar-refractivity contribution in [3.63, 3.8) is 0 Å². The van der Waals surface area contributed by atoms with E-state index in [1.165, 1.54) is 38.8 Å². The predicted molar refractivity (Wildman–Crippen MR) is 47.5 cm³/mol. The molecular weight excluding hydrogens is 134 g/mol. The molecule has 2 fully saturated rings. The van der Waals surface area contributed by atoms with E-state index in [0.717, 1.165) is 17.8 Å². The fourth-order valence-electron chi connectivity index (χ4n) is 2.63. The molecule has 1 heteroatoms. The van der Waals surface area contributed by atoms with Crippen LogP contribution in [-0.2, 0) is 0 Å². The van der Waals surface area contributed by atoms with Gasteiger partial charge in [0.1, 0.15) is 0 Å². The van der Waals surface area contributed by atoms with Gasteiger partial charge in [0.2, 0.25) is 0 Å². The maximum Gasteiger partial charge on any atom is -0.00179 e. The summed E-state index contributed by atoms with van der Waals surface area (Å²) in [6.45, 7) is 4.95. The summed E-state index contributed by atoms with van der Waals surface area (Å²) in [6.07, 6.45) is 5.92. The zero-order valence-electron chi connectivity index (χ0n) is 7.47. The van der Waals surface area contributed by atoms with E-state index in [2.05, 4.69) is 12.2 Å². The molecule has 1 saturated carbocycles. The largest absolute Gasteiger partial charge is 0.316 e. The fraction of sp³-hybridized carbons (Fsp3) is 1.00. The van der Waals surface area contributed by atoms with Gasteiger partial charge in [-0.2, -0.15) is 0 Å². The van der Waals surface area contributed by atoms with Gasteiger partial charge in [-0.25, -0.2) is 0 Å². The number of hydrogen-bond acceptors (Lipinski definition) is 1. The van der Waals surface area contributed by atoms with Crippen LogP contribution >= 0.6 is 0 Å². The highest BCUT2D eigenvalue weighted by Crippen LogP contribution is 2.40. The van der Waals surface area contributed by atoms with Crippen LogP contribution < -0.4 is 5.32 Å². The van der Waals surface area contributed by atoms with Gasteiger partial charge in [-0.1, -0.05) is 6.92 Å². The molecule has 0 radical (unpaired) electrons. The first-order valence-electron chi connectivity index (χ1n) is 5.07. The van der Waals surface area contributed by atoms with Crippen LogP contribution in [0.1, 0.15) is 32.6 Å². The molecule has 1 nitrogen and oxygen atoms in total. The molecule has 1 aliphatic carbocycles. The van der Waals surface area contributed by atoms with Crippen molar-refractivity contribution in [1.29, 1.82) is 0 Å². The van der Waals surface area contributed by atoms with Crippen LogP contribution in [-0.4, -0.2) is 13.1 Å². The summed E-state index contributed by atoms with van der Waals surface area (Å²) in [5.41, 5.74) is 0. The first-order chi connectivity index (χ1) is 5.36. The second-order valence-corrected chi connectivity index (χ2v) is 4.44. The van der Waals surface area contributed by atoms with Crippen molar-refractivity contribution in [3.05, 3.63) is 0 Å². The highest BCUT2D eigenvalue weighted by atomic mass is 14.9. The fourth-order valence-corrected chi connectivity index (χ4v) is 2.63. The SMILES string of the molecule is CC1CC(C2CCCNC2)C1. The van der Waals surface area contributed by atoms with Gasteiger partial charge in [0.05, 0.1) is 0 Å². The highest BCUT2D eigenvalue weighted by molar-refractivity contribution is 4.84. The third kappa shape index (κ3) is 1.58. The lowest BCUT2D eigenvalue weighted by Gasteiger charge is -2.40. The minimum atomic E-state index is 1.03. The highest BCUT2D eigenvalue weighted by Gasteiger charge is 2.32. The Morgan fingerprint density at radius 1 is 1.18 bits per heavy atom. The Kier molecular flexibility index (Phi) is 2.17. The molecule has 1 atom stereocenters. The van der Waals surface area contributed by atoms with E-state index in [1.54, 1.807) is 0 Å². The molecule has 0 aromatic carbocycles. The lowest BCUT2D eigenvalue weighted by molar-refractivity contribution is 0.116. The Morgan fingerprint density at radius 3 is 2.55 bits per heavy atom. The van der Waals surface area contributed by atoms with Crippen molar-refractivity contribution in [2.75, 3.05) is 13.1 Å². The maximum absolute atomic E-state index is 3.50. The summed E-state index contributed by atoms with van der Waals surface area (Å²) >= 11 is 0. The van der Waals surface area contributed by atoms with Gasteiger partial charge in [-0.05, 0) is 56.5 Å². The Bertz CT molecular complexity index is 121. The van der Waals surface area contributed by atoms with Crippen LogP contribution in [0.25, 0.3) is 0 Å². The summed E-state index contributed by atoms with van der Waals surface area (Å²) in [4.78, 5) is 0. The Morgan fingerprint density at radius 2 is 2.00 bits per heavy atom. The lowest BCUT2D eigenvalue weighted by Crippen LogP contribution is -2.38. The minimum Gasteiger partial charge on any atom is -0.316 e. The van der Waals surface area contributed by atoms with Crippen molar-refractivity contribution in [2.24, 2.45) is 17.8 Å². The molecule has 64 valence electrons. The Labute approximate surface area is 69.6 Å². The van der Waals surface area contributed by atoms with Gasteiger partial charge in [-0.15, -0.1) is 0 Å². The average molecular weight is 153 g/mol. The van der Waals surface area contributed by atoms with Gasteiger partial charge in [0, 0.05) is 0 Å². The summed E-state index contributed by atoms with van der Waals surface area (Å²) < 4.78 is 0. The first kappa shape index (κ1) is 7.60. The van der Waals surface area contributed by atoms with Gasteiger partial charge in [0.15, 0.2) is 0 Å². The summed E-state index contributed by atoms with van der Waals surface area (Å²) in [5, 5.41) is 3.50. The molecule has 0 amide bonds. The quantitative estimate of drug-likeness (QED) is 0.608. The Balaban J connectivity index is 1.76. The molecule has 1 heterocycles. The maximum atomic E-state index is 3.50. The van der Waals surface area contributed by atoms with Crippen molar-refractivity contribution in [1.82, 2.24) is 5.32 Å². The van der Waals surface area contributed by atoms with E-state index >= 15 is 0 Å². The van der Waals surface area contributed by atoms with Crippen molar-refractivity contribution < 1.29 is 0 Å². The van der Waals surface area contributed by atoms with Gasteiger partial charge >= 0.3 is 0 Å². The monoisotopic (exact) mass is 153 g/mol. The topological polar surface area (TPSA) is 12.0 Å². The first-order valence-corrected chi connectivity index (χ1v) is 5.07. The number of piperidine rings is 1. The predicted octanol–water partition coefficient (Wildman–Crippen LogP) is 2.03. The zero-order valence-corrected chi connectivity index (χ0v) is 7.47. The number of nitrogens with one attached hydrogen (secondary N) is 1. The van der Waals surface area contributed by atoms with E-state index in [1.807, 2.05) is 0 Å². The summed E-state index contributed by atoms with van der Waals surface area (Å²) in [7, 11) is 0. The third-order valence-electron chi connectivity index (χ3n) is 3.41. The van der Waals surface area contributed by atoms with Gasteiger partial charge < -0.3 is 5.32 Å². The molecule has 0 aromatic rings. The van der Waals surface area contributed by atoms with Crippen molar-refractivity contribution in [3.8, 4) is 0 Å². The lowest BCUT2D eigenvalue weighted by atomic mass is 9.67. The van der Waals surface area contributed by atoms with Crippen LogP contribution in [0.4, 0.5) is 0 Å². The molecular formula is C10H19N. The van der Waals surface area contributed by atoms with Crippen LogP contribution in [0.2, 0.25) is 0 Å². The van der Waals surface area contributed by atoms with Crippen LogP contribution in [0.5, 0.6) is 0 Å². The molecule has 1 N–H and O–H groups in total. The van der Waals surface area contributed by atoms with E-state index < -0.39 is 0 Å². The average Bonchev–Trinajstić information content (AvgIpc) is 2.01. The number of hydrogen-bond donors (Lipinski definition) is 1. The standard InChI is InChI=1S/C10H19N/c1-8-5-10(6-8)9-3-2-4-11-7-9/h8-11H,2-7H2,1H3. The van der Waals surface area contributed by atoms with Gasteiger partial charge in [-0.3, -0.25) is 0 Å². The molecule has 1 saturated heterocycles. The zero-order chi connectivity index (χ0) is 7.68. The summed E-state index contributed by atoms with van der Waals surface area (Å²) in [6, 6.07) is 0. The van der Waals surface area contributed by atoms with E-state index in [-0.39, 0.29) is 0 Å². The molecule has 11 heavy (non-hydrogen) atoms. The smallest absolute Gasteiger partial charge is 0.00179 e. The molecule has 2 rings (SSSR count). The van der Waals surface area contributed by atoms with Crippen molar-refractivity contribution in [2.45, 2.75) is 32.6 Å². The van der Waals surface area contributed by atoms with E-state index in [0.29, 0.717) is 0 Å². The van der Waals surface area contributed by atoms with E-state index in [9.17, 15) is 0 Å². The van der Waals surface area contributed by atoms with E-state index in [4.69, 9.17) is 0 Å². The second kappa shape index (κ2) is 3.14. The molecule has 0 aromatic heterocycles. The molecule has 2 aliphatic rings. The molecule has 1 unspecified atom stereocenters. The van der Waals surface area contributed by atoms with Crippen LogP contribution in [0, 0.1) is 17.8 Å². The summed E-state index contributed by atoms with van der Waals surface area (Å²) in [5.74, 6) is 3.14. The molecule has 0 bridgehead atoms. The normalized spacial score (nSPS) is 45.0. The number of rotatable bonds is 1. The molecule has 1 aliphatic heterocycles. The second-order valence-electron chi connectivity index (χ2n) is 4.44.